The first-order chi connectivity index (χ1) is 18.8. The maximum absolute atomic E-state index is 13.2. The van der Waals surface area contributed by atoms with Crippen LogP contribution in [0.25, 0.3) is 0 Å². The van der Waals surface area contributed by atoms with Gasteiger partial charge in [-0.2, -0.15) is 0 Å². The quantitative estimate of drug-likeness (QED) is 0.401. The van der Waals surface area contributed by atoms with Crippen molar-refractivity contribution in [2.75, 3.05) is 47.7 Å². The number of hydrogen-bond acceptors (Lipinski definition) is 9. The fraction of sp³-hybridized carbons (Fsp3) is 0.444. The summed E-state index contributed by atoms with van der Waals surface area (Å²) in [6, 6.07) is 12.8. The van der Waals surface area contributed by atoms with E-state index in [0.717, 1.165) is 21.8 Å². The number of nitrogens with zero attached hydrogens (tertiary/aromatic N) is 2. The topological polar surface area (TPSA) is 121 Å². The van der Waals surface area contributed by atoms with Crippen molar-refractivity contribution < 1.29 is 28.6 Å². The van der Waals surface area contributed by atoms with Crippen molar-refractivity contribution in [3.05, 3.63) is 53.6 Å². The number of hydrogen-bond donors (Lipinski definition) is 3. The van der Waals surface area contributed by atoms with Crippen LogP contribution in [0.15, 0.2) is 42.5 Å². The van der Waals surface area contributed by atoms with E-state index in [1.807, 2.05) is 42.5 Å². The Morgan fingerprint density at radius 3 is 2.36 bits per heavy atom. The summed E-state index contributed by atoms with van der Waals surface area (Å²) in [6.45, 7) is 0.452. The molecule has 210 valence electrons. The van der Waals surface area contributed by atoms with Crippen molar-refractivity contribution in [3.8, 4) is 17.2 Å². The molecule has 2 aromatic carbocycles. The lowest BCUT2D eigenvalue weighted by Crippen LogP contribution is -2.72. The Balaban J connectivity index is 1.41. The van der Waals surface area contributed by atoms with Gasteiger partial charge in [-0.1, -0.05) is 18.2 Å². The first kappa shape index (κ1) is 28.5. The average Bonchev–Trinajstić information content (AvgIpc) is 2.97. The van der Waals surface area contributed by atoms with E-state index in [1.54, 1.807) is 33.3 Å². The lowest BCUT2D eigenvalue weighted by atomic mass is 9.96. The van der Waals surface area contributed by atoms with Gasteiger partial charge in [0.2, 0.25) is 11.8 Å². The molecule has 0 spiro atoms. The van der Waals surface area contributed by atoms with Crippen molar-refractivity contribution in [1.82, 2.24) is 25.8 Å². The molecule has 2 aliphatic heterocycles. The number of carbonyl (C=O) groups is 3. The third kappa shape index (κ3) is 6.23. The minimum absolute atomic E-state index is 0.139. The molecule has 0 bridgehead atoms. The molecule has 2 aliphatic rings. The number of imide groups is 1. The minimum Gasteiger partial charge on any atom is -0.497 e. The summed E-state index contributed by atoms with van der Waals surface area (Å²) >= 11 is 1.35. The summed E-state index contributed by atoms with van der Waals surface area (Å²) in [7, 11) is 7.93. The van der Waals surface area contributed by atoms with Crippen molar-refractivity contribution in [2.45, 2.75) is 24.1 Å². The second-order valence-electron chi connectivity index (χ2n) is 9.32. The van der Waals surface area contributed by atoms with Gasteiger partial charge in [0.05, 0.1) is 50.7 Å². The Morgan fingerprint density at radius 1 is 0.974 bits per heavy atom. The van der Waals surface area contributed by atoms with Gasteiger partial charge in [0.1, 0.15) is 5.75 Å². The van der Waals surface area contributed by atoms with E-state index < -0.39 is 17.5 Å². The van der Waals surface area contributed by atoms with Crippen LogP contribution in [0.4, 0.5) is 4.79 Å². The number of amides is 4. The predicted molar refractivity (Wildman–Crippen MR) is 148 cm³/mol. The summed E-state index contributed by atoms with van der Waals surface area (Å²) < 4.78 is 15.9. The van der Waals surface area contributed by atoms with Crippen LogP contribution in [-0.4, -0.2) is 86.9 Å². The molecular formula is C27H35N5O6S. The van der Waals surface area contributed by atoms with E-state index in [0.29, 0.717) is 24.5 Å². The molecule has 2 heterocycles. The molecule has 4 unspecified atom stereocenters. The SMILES string of the molecule is COc1ccc(C2NC(SCC(=O)NCCc3ccc(OC)c(OC)c3)C3C(=O)N(C)C(=O)N(C)C3N2)cc1. The van der Waals surface area contributed by atoms with E-state index in [-0.39, 0.29) is 29.8 Å². The number of fused-ring (bicyclic) bond motifs is 1. The zero-order valence-corrected chi connectivity index (χ0v) is 23.5. The third-order valence-electron chi connectivity index (χ3n) is 6.98. The molecule has 0 radical (unpaired) electrons. The molecule has 4 rings (SSSR count). The number of methoxy groups -OCH3 is 3. The standard InChI is InChI=1S/C27H35N5O6S/c1-31-24-22(26(34)32(2)27(31)35)25(30-23(29-24)17-7-9-18(36-3)10-8-17)39-15-21(33)28-13-12-16-6-11-19(37-4)20(14-16)38-5/h6-11,14,22-25,29-30H,12-13,15H2,1-5H3,(H,28,33). The maximum Gasteiger partial charge on any atom is 0.327 e. The maximum atomic E-state index is 13.2. The van der Waals surface area contributed by atoms with Gasteiger partial charge in [0.15, 0.2) is 11.5 Å². The molecule has 0 aliphatic carbocycles. The highest BCUT2D eigenvalue weighted by Gasteiger charge is 2.51. The highest BCUT2D eigenvalue weighted by atomic mass is 32.2. The van der Waals surface area contributed by atoms with E-state index >= 15 is 0 Å². The Labute approximate surface area is 232 Å². The second-order valence-corrected chi connectivity index (χ2v) is 10.5. The number of nitrogens with one attached hydrogen (secondary N) is 3. The van der Waals surface area contributed by atoms with Crippen LogP contribution in [-0.2, 0) is 16.0 Å². The molecule has 12 heteroatoms. The summed E-state index contributed by atoms with van der Waals surface area (Å²) in [4.78, 5) is 41.3. The summed E-state index contributed by atoms with van der Waals surface area (Å²) in [5, 5.41) is 9.41. The Hall–Kier alpha value is -3.48. The minimum atomic E-state index is -0.572. The fourth-order valence-electron chi connectivity index (χ4n) is 4.79. The third-order valence-corrected chi connectivity index (χ3v) is 8.20. The van der Waals surface area contributed by atoms with Gasteiger partial charge in [-0.15, -0.1) is 11.8 Å². The van der Waals surface area contributed by atoms with Crippen LogP contribution in [0.1, 0.15) is 17.3 Å². The molecule has 39 heavy (non-hydrogen) atoms. The molecule has 0 aromatic heterocycles. The molecule has 2 aromatic rings. The first-order valence-corrected chi connectivity index (χ1v) is 13.6. The Kier molecular flexibility index (Phi) is 9.20. The average molecular weight is 558 g/mol. The van der Waals surface area contributed by atoms with E-state index in [1.165, 1.54) is 18.8 Å². The fourth-order valence-corrected chi connectivity index (χ4v) is 5.92. The predicted octanol–water partition coefficient (Wildman–Crippen LogP) is 1.79. The lowest BCUT2D eigenvalue weighted by molar-refractivity contribution is -0.140. The zero-order valence-electron chi connectivity index (χ0n) is 22.7. The van der Waals surface area contributed by atoms with Crippen LogP contribution >= 0.6 is 11.8 Å². The first-order valence-electron chi connectivity index (χ1n) is 12.6. The van der Waals surface area contributed by atoms with Crippen LogP contribution in [0.3, 0.4) is 0 Å². The molecule has 11 nitrogen and oxygen atoms in total. The molecular weight excluding hydrogens is 522 g/mol. The van der Waals surface area contributed by atoms with Crippen molar-refractivity contribution in [3.63, 3.8) is 0 Å². The zero-order chi connectivity index (χ0) is 28.1. The Bertz CT molecular complexity index is 1200. The van der Waals surface area contributed by atoms with Gasteiger partial charge in [-0.05, 0) is 41.8 Å². The van der Waals surface area contributed by atoms with Gasteiger partial charge in [-0.25, -0.2) is 4.79 Å². The van der Waals surface area contributed by atoms with E-state index in [4.69, 9.17) is 14.2 Å². The van der Waals surface area contributed by atoms with Gasteiger partial charge < -0.3 is 24.4 Å². The highest BCUT2D eigenvalue weighted by molar-refractivity contribution is 8.00. The van der Waals surface area contributed by atoms with Gasteiger partial charge >= 0.3 is 6.03 Å². The van der Waals surface area contributed by atoms with Crippen molar-refractivity contribution in [2.24, 2.45) is 5.92 Å². The largest absolute Gasteiger partial charge is 0.497 e. The molecule has 3 N–H and O–H groups in total. The Morgan fingerprint density at radius 2 is 1.69 bits per heavy atom. The lowest BCUT2D eigenvalue weighted by Gasteiger charge is -2.50. The molecule has 0 saturated carbocycles. The van der Waals surface area contributed by atoms with Crippen LogP contribution in [0.2, 0.25) is 0 Å². The van der Waals surface area contributed by atoms with E-state index in [9.17, 15) is 14.4 Å². The number of urea groups is 1. The molecule has 4 amide bonds. The number of ether oxygens (including phenoxy) is 3. The van der Waals surface area contributed by atoms with Gasteiger partial charge in [0, 0.05) is 20.6 Å². The molecule has 2 fully saturated rings. The summed E-state index contributed by atoms with van der Waals surface area (Å²) in [5.41, 5.74) is 1.93. The van der Waals surface area contributed by atoms with Gasteiger partial charge in [0.25, 0.3) is 0 Å². The monoisotopic (exact) mass is 557 g/mol. The highest BCUT2D eigenvalue weighted by Crippen LogP contribution is 2.34. The molecule has 4 atom stereocenters. The number of thioether (sulfide) groups is 1. The van der Waals surface area contributed by atoms with Crippen LogP contribution in [0, 0.1) is 5.92 Å². The van der Waals surface area contributed by atoms with Crippen LogP contribution in [0.5, 0.6) is 17.2 Å². The summed E-state index contributed by atoms with van der Waals surface area (Å²) in [6.07, 6.45) is -0.239. The normalized spacial score (nSPS) is 22.8. The summed E-state index contributed by atoms with van der Waals surface area (Å²) in [5.74, 6) is 1.17. The number of rotatable bonds is 10. The van der Waals surface area contributed by atoms with Crippen molar-refractivity contribution in [1.29, 1.82) is 0 Å². The smallest absolute Gasteiger partial charge is 0.327 e. The number of benzene rings is 2. The second kappa shape index (κ2) is 12.6. The van der Waals surface area contributed by atoms with Gasteiger partial charge in [-0.3, -0.25) is 25.1 Å². The van der Waals surface area contributed by atoms with Crippen molar-refractivity contribution >= 4 is 29.6 Å². The molecule has 2 saturated heterocycles. The van der Waals surface area contributed by atoms with E-state index in [2.05, 4.69) is 16.0 Å². The van der Waals surface area contributed by atoms with Crippen LogP contribution < -0.4 is 30.2 Å². The number of carbonyl (C=O) groups excluding carboxylic acids is 3.